The van der Waals surface area contributed by atoms with Crippen molar-refractivity contribution in [2.24, 2.45) is 0 Å². The van der Waals surface area contributed by atoms with Crippen molar-refractivity contribution < 1.29 is 8.42 Å². The molecule has 0 unspecified atom stereocenters. The summed E-state index contributed by atoms with van der Waals surface area (Å²) in [5.41, 5.74) is 9.44. The molecule has 0 aliphatic carbocycles. The zero-order valence-electron chi connectivity index (χ0n) is 15.9. The van der Waals surface area contributed by atoms with Gasteiger partial charge in [0.2, 0.25) is 9.84 Å². The number of nitrogens with two attached hydrogens (primary N) is 1. The molecular formula is C21H22N4O2S. The summed E-state index contributed by atoms with van der Waals surface area (Å²) in [6.45, 7) is 4.53. The fraction of sp³-hybridized carbons (Fsp3) is 0.238. The summed E-state index contributed by atoms with van der Waals surface area (Å²) < 4.78 is 28.7. The predicted molar refractivity (Wildman–Crippen MR) is 111 cm³/mol. The molecule has 0 atom stereocenters. The number of anilines is 1. The van der Waals surface area contributed by atoms with Gasteiger partial charge in [-0.05, 0) is 43.2 Å². The Morgan fingerprint density at radius 2 is 1.75 bits per heavy atom. The number of unbranched alkanes of at least 4 members (excludes halogenated alkanes) is 1. The van der Waals surface area contributed by atoms with E-state index in [1.165, 1.54) is 0 Å². The fourth-order valence-electron chi connectivity index (χ4n) is 3.40. The average molecular weight is 395 g/mol. The maximum Gasteiger partial charge on any atom is 0.212 e. The van der Waals surface area contributed by atoms with E-state index in [1.54, 1.807) is 22.8 Å². The number of nitrogen functional groups attached to an aromatic ring is 1. The van der Waals surface area contributed by atoms with Crippen LogP contribution in [0.15, 0.2) is 58.3 Å². The number of rotatable bonds is 5. The highest BCUT2D eigenvalue weighted by molar-refractivity contribution is 7.92. The van der Waals surface area contributed by atoms with Crippen LogP contribution in [0.1, 0.15) is 25.3 Å². The lowest BCUT2D eigenvalue weighted by Gasteiger charge is -2.08. The Morgan fingerprint density at radius 1 is 1.04 bits per heavy atom. The summed E-state index contributed by atoms with van der Waals surface area (Å²) >= 11 is 0. The van der Waals surface area contributed by atoms with Crippen LogP contribution in [0.2, 0.25) is 0 Å². The third-order valence-electron chi connectivity index (χ3n) is 4.85. The van der Waals surface area contributed by atoms with Gasteiger partial charge in [0.25, 0.3) is 0 Å². The van der Waals surface area contributed by atoms with Gasteiger partial charge in [0.05, 0.1) is 15.9 Å². The van der Waals surface area contributed by atoms with Gasteiger partial charge in [-0.1, -0.05) is 37.6 Å². The SMILES string of the molecule is CCCCn1c(N)c(S(=O)(=O)c2cccc(C)c2)c2nc3ccccc3nc21. The number of aryl methyl sites for hydroxylation is 2. The maximum atomic E-state index is 13.5. The van der Waals surface area contributed by atoms with Gasteiger partial charge in [0.1, 0.15) is 16.2 Å². The molecule has 0 aliphatic rings. The van der Waals surface area contributed by atoms with Crippen LogP contribution in [0.4, 0.5) is 5.82 Å². The van der Waals surface area contributed by atoms with E-state index in [0.29, 0.717) is 28.7 Å². The van der Waals surface area contributed by atoms with Crippen LogP contribution in [0.3, 0.4) is 0 Å². The molecule has 0 spiro atoms. The van der Waals surface area contributed by atoms with Gasteiger partial charge in [-0.2, -0.15) is 0 Å². The summed E-state index contributed by atoms with van der Waals surface area (Å²) in [6, 6.07) is 14.3. The topological polar surface area (TPSA) is 90.9 Å². The maximum absolute atomic E-state index is 13.5. The average Bonchev–Trinajstić information content (AvgIpc) is 2.95. The summed E-state index contributed by atoms with van der Waals surface area (Å²) in [5.74, 6) is 0.195. The van der Waals surface area contributed by atoms with Gasteiger partial charge in [-0.25, -0.2) is 18.4 Å². The Labute approximate surface area is 164 Å². The standard InChI is InChI=1S/C21H22N4O2S/c1-3-4-12-25-20(22)19(28(26,27)15-9-7-8-14(2)13-15)18-21(25)24-17-11-6-5-10-16(17)23-18/h5-11,13H,3-4,12,22H2,1-2H3. The van der Waals surface area contributed by atoms with Crippen LogP contribution < -0.4 is 5.73 Å². The monoisotopic (exact) mass is 394 g/mol. The van der Waals surface area contributed by atoms with E-state index < -0.39 is 9.84 Å². The lowest BCUT2D eigenvalue weighted by molar-refractivity contribution is 0.596. The number of hydrogen-bond acceptors (Lipinski definition) is 5. The van der Waals surface area contributed by atoms with Gasteiger partial charge >= 0.3 is 0 Å². The number of fused-ring (bicyclic) bond motifs is 2. The highest BCUT2D eigenvalue weighted by atomic mass is 32.2. The fourth-order valence-corrected chi connectivity index (χ4v) is 5.01. The molecule has 0 radical (unpaired) electrons. The number of sulfone groups is 1. The highest BCUT2D eigenvalue weighted by Gasteiger charge is 2.30. The van der Waals surface area contributed by atoms with Crippen LogP contribution in [0, 0.1) is 6.92 Å². The van der Waals surface area contributed by atoms with Crippen molar-refractivity contribution in [1.29, 1.82) is 0 Å². The van der Waals surface area contributed by atoms with Gasteiger partial charge in [0, 0.05) is 6.54 Å². The molecule has 2 aromatic carbocycles. The molecule has 7 heteroatoms. The van der Waals surface area contributed by atoms with Gasteiger partial charge < -0.3 is 10.3 Å². The summed E-state index contributed by atoms with van der Waals surface area (Å²) in [7, 11) is -3.84. The van der Waals surface area contributed by atoms with Crippen molar-refractivity contribution in [3.05, 3.63) is 54.1 Å². The number of benzene rings is 2. The molecule has 0 saturated carbocycles. The Kier molecular flexibility index (Phi) is 4.55. The Bertz CT molecular complexity index is 1290. The second-order valence-corrected chi connectivity index (χ2v) is 8.81. The zero-order chi connectivity index (χ0) is 19.9. The Balaban J connectivity index is 2.07. The quantitative estimate of drug-likeness (QED) is 0.550. The van der Waals surface area contributed by atoms with Crippen molar-refractivity contribution in [3.8, 4) is 0 Å². The molecule has 6 nitrogen and oxygen atoms in total. The van der Waals surface area contributed by atoms with Crippen LogP contribution in [-0.2, 0) is 16.4 Å². The second-order valence-electron chi connectivity index (χ2n) is 6.92. The molecule has 2 heterocycles. The minimum atomic E-state index is -3.84. The summed E-state index contributed by atoms with van der Waals surface area (Å²) in [6.07, 6.45) is 1.83. The Hall–Kier alpha value is -2.93. The minimum Gasteiger partial charge on any atom is -0.384 e. The van der Waals surface area contributed by atoms with E-state index in [-0.39, 0.29) is 15.6 Å². The van der Waals surface area contributed by atoms with E-state index in [2.05, 4.69) is 11.9 Å². The van der Waals surface area contributed by atoms with Crippen molar-refractivity contribution in [3.63, 3.8) is 0 Å². The molecule has 4 rings (SSSR count). The van der Waals surface area contributed by atoms with E-state index in [1.807, 2.05) is 37.3 Å². The van der Waals surface area contributed by atoms with Crippen LogP contribution in [0.25, 0.3) is 22.2 Å². The number of para-hydroxylation sites is 2. The molecule has 2 N–H and O–H groups in total. The van der Waals surface area contributed by atoms with Crippen LogP contribution in [0.5, 0.6) is 0 Å². The first kappa shape index (κ1) is 18.4. The predicted octanol–water partition coefficient (Wildman–Crippen LogP) is 4.11. The first-order valence-corrected chi connectivity index (χ1v) is 10.8. The van der Waals surface area contributed by atoms with Gasteiger partial charge in [0.15, 0.2) is 5.65 Å². The number of nitrogens with zero attached hydrogens (tertiary/aromatic N) is 3. The molecular weight excluding hydrogens is 372 g/mol. The number of hydrogen-bond donors (Lipinski definition) is 1. The summed E-state index contributed by atoms with van der Waals surface area (Å²) in [5, 5.41) is 0. The molecule has 28 heavy (non-hydrogen) atoms. The van der Waals surface area contributed by atoms with Gasteiger partial charge in [-0.15, -0.1) is 0 Å². The number of aromatic nitrogens is 3. The zero-order valence-corrected chi connectivity index (χ0v) is 16.7. The van der Waals surface area contributed by atoms with Crippen LogP contribution >= 0.6 is 0 Å². The molecule has 0 bridgehead atoms. The summed E-state index contributed by atoms with van der Waals surface area (Å²) in [4.78, 5) is 9.59. The molecule has 0 aliphatic heterocycles. The van der Waals surface area contributed by atoms with Gasteiger partial charge in [-0.3, -0.25) is 0 Å². The van der Waals surface area contributed by atoms with Crippen LogP contribution in [-0.4, -0.2) is 23.0 Å². The minimum absolute atomic E-state index is 0.0439. The molecule has 2 aromatic heterocycles. The Morgan fingerprint density at radius 3 is 2.43 bits per heavy atom. The molecule has 144 valence electrons. The molecule has 0 amide bonds. The lowest BCUT2D eigenvalue weighted by atomic mass is 10.2. The second kappa shape index (κ2) is 6.91. The highest BCUT2D eigenvalue weighted by Crippen LogP contribution is 2.35. The lowest BCUT2D eigenvalue weighted by Crippen LogP contribution is -2.08. The first-order valence-electron chi connectivity index (χ1n) is 9.29. The molecule has 4 aromatic rings. The van der Waals surface area contributed by atoms with Crippen molar-refractivity contribution in [2.75, 3.05) is 5.73 Å². The third kappa shape index (κ3) is 2.92. The van der Waals surface area contributed by atoms with E-state index in [4.69, 9.17) is 10.7 Å². The third-order valence-corrected chi connectivity index (χ3v) is 6.66. The molecule has 0 fully saturated rings. The normalized spacial score (nSPS) is 12.1. The van der Waals surface area contributed by atoms with E-state index in [0.717, 1.165) is 18.4 Å². The van der Waals surface area contributed by atoms with Crippen molar-refractivity contribution >= 4 is 37.9 Å². The van der Waals surface area contributed by atoms with Crippen molar-refractivity contribution in [1.82, 2.24) is 14.5 Å². The molecule has 0 saturated heterocycles. The van der Waals surface area contributed by atoms with Crippen molar-refractivity contribution in [2.45, 2.75) is 43.0 Å². The van der Waals surface area contributed by atoms with E-state index >= 15 is 0 Å². The first-order chi connectivity index (χ1) is 13.4. The van der Waals surface area contributed by atoms with E-state index in [9.17, 15) is 8.42 Å². The smallest absolute Gasteiger partial charge is 0.212 e. The largest absolute Gasteiger partial charge is 0.384 e.